The topological polar surface area (TPSA) is 111 Å². The zero-order valence-corrected chi connectivity index (χ0v) is 31.2. The zero-order chi connectivity index (χ0) is 36.4. The lowest BCUT2D eigenvalue weighted by atomic mass is 9.99. The second-order valence-electron chi connectivity index (χ2n) is 13.7. The van der Waals surface area contributed by atoms with Crippen molar-refractivity contribution in [3.63, 3.8) is 0 Å². The number of ether oxygens (including phenoxy) is 2. The maximum Gasteiger partial charge on any atom is 0.410 e. The Morgan fingerprint density at radius 3 is 2.53 bits per heavy atom. The summed E-state index contributed by atoms with van der Waals surface area (Å²) < 4.78 is 13.5. The van der Waals surface area contributed by atoms with Gasteiger partial charge in [-0.05, 0) is 64.1 Å². The third-order valence-electron chi connectivity index (χ3n) is 8.84. The highest BCUT2D eigenvalue weighted by Gasteiger charge is 2.29. The van der Waals surface area contributed by atoms with Crippen LogP contribution < -0.4 is 15.4 Å². The van der Waals surface area contributed by atoms with Gasteiger partial charge in [0.05, 0.1) is 35.1 Å². The lowest BCUT2D eigenvalue weighted by Gasteiger charge is -2.29. The molecular formula is C39H42Cl2N6O4. The number of rotatable bonds is 10. The summed E-state index contributed by atoms with van der Waals surface area (Å²) in [5.41, 5.74) is 6.61. The number of carbonyl (C=O) groups is 2. The smallest absolute Gasteiger partial charge is 0.410 e. The van der Waals surface area contributed by atoms with Crippen LogP contribution in [0, 0.1) is 0 Å². The van der Waals surface area contributed by atoms with Crippen LogP contribution >= 0.6 is 23.2 Å². The summed E-state index contributed by atoms with van der Waals surface area (Å²) in [7, 11) is 5.51. The summed E-state index contributed by atoms with van der Waals surface area (Å²) in [5, 5.41) is 8.30. The van der Waals surface area contributed by atoms with E-state index >= 15 is 0 Å². The molecule has 0 aliphatic carbocycles. The van der Waals surface area contributed by atoms with Gasteiger partial charge >= 0.3 is 6.09 Å². The second-order valence-corrected chi connectivity index (χ2v) is 14.5. The molecule has 1 saturated heterocycles. The number of fused-ring (bicyclic) bond motifs is 1. The number of amides is 2. The minimum Gasteiger partial charge on any atom is -0.481 e. The number of hydrogen-bond acceptors (Lipinski definition) is 7. The summed E-state index contributed by atoms with van der Waals surface area (Å²) >= 11 is 14.2. The Balaban J connectivity index is 1.31. The maximum atomic E-state index is 13.3. The highest BCUT2D eigenvalue weighted by Crippen LogP contribution is 2.42. The van der Waals surface area contributed by atoms with E-state index in [1.165, 1.54) is 18.1 Å². The summed E-state index contributed by atoms with van der Waals surface area (Å²) in [6.45, 7) is 6.70. The molecule has 12 heteroatoms. The van der Waals surface area contributed by atoms with Gasteiger partial charge in [0.1, 0.15) is 5.60 Å². The molecule has 1 atom stereocenters. The molecule has 4 heterocycles. The first-order chi connectivity index (χ1) is 24.4. The van der Waals surface area contributed by atoms with E-state index in [-0.39, 0.29) is 18.5 Å². The summed E-state index contributed by atoms with van der Waals surface area (Å²) in [6, 6.07) is 17.4. The monoisotopic (exact) mass is 728 g/mol. The van der Waals surface area contributed by atoms with Gasteiger partial charge in [-0.2, -0.15) is 0 Å². The van der Waals surface area contributed by atoms with Crippen molar-refractivity contribution in [3.8, 4) is 39.5 Å². The van der Waals surface area contributed by atoms with Crippen LogP contribution in [0.4, 0.5) is 4.79 Å². The molecule has 1 fully saturated rings. The van der Waals surface area contributed by atoms with E-state index in [1.54, 1.807) is 11.1 Å². The predicted molar refractivity (Wildman–Crippen MR) is 202 cm³/mol. The van der Waals surface area contributed by atoms with Crippen molar-refractivity contribution >= 4 is 46.1 Å². The van der Waals surface area contributed by atoms with Gasteiger partial charge in [0, 0.05) is 83.7 Å². The van der Waals surface area contributed by atoms with Crippen LogP contribution in [0.15, 0.2) is 67.0 Å². The first-order valence-corrected chi connectivity index (χ1v) is 17.6. The molecule has 51 heavy (non-hydrogen) atoms. The van der Waals surface area contributed by atoms with Crippen molar-refractivity contribution in [2.45, 2.75) is 58.3 Å². The van der Waals surface area contributed by atoms with Crippen molar-refractivity contribution < 1.29 is 19.1 Å². The Morgan fingerprint density at radius 2 is 1.82 bits per heavy atom. The number of benzene rings is 2. The van der Waals surface area contributed by atoms with E-state index in [2.05, 4.69) is 38.5 Å². The predicted octanol–water partition coefficient (Wildman–Crippen LogP) is 8.02. The first kappa shape index (κ1) is 36.2. The Hall–Kier alpha value is -4.64. The van der Waals surface area contributed by atoms with Crippen LogP contribution in [0.3, 0.4) is 0 Å². The van der Waals surface area contributed by atoms with Gasteiger partial charge in [-0.3, -0.25) is 9.78 Å². The maximum absolute atomic E-state index is 13.3. The molecular weight excluding hydrogens is 687 g/mol. The van der Waals surface area contributed by atoms with Crippen molar-refractivity contribution in [3.05, 3.63) is 88.2 Å². The third-order valence-corrected chi connectivity index (χ3v) is 9.63. The van der Waals surface area contributed by atoms with Crippen molar-refractivity contribution in [1.29, 1.82) is 0 Å². The molecule has 266 valence electrons. The Morgan fingerprint density at radius 1 is 1.06 bits per heavy atom. The van der Waals surface area contributed by atoms with Crippen LogP contribution in [-0.4, -0.2) is 63.8 Å². The summed E-state index contributed by atoms with van der Waals surface area (Å²) in [6.07, 6.45) is 4.46. The van der Waals surface area contributed by atoms with Crippen LogP contribution in [-0.2, 0) is 29.7 Å². The molecule has 3 aromatic heterocycles. The van der Waals surface area contributed by atoms with Gasteiger partial charge in [-0.15, -0.1) is 0 Å². The fourth-order valence-electron chi connectivity index (χ4n) is 6.47. The third kappa shape index (κ3) is 7.83. The molecule has 2 amide bonds. The number of nitrogens with one attached hydrogen (secondary N) is 2. The van der Waals surface area contributed by atoms with Crippen molar-refractivity contribution in [2.24, 2.45) is 7.05 Å². The van der Waals surface area contributed by atoms with Crippen LogP contribution in [0.25, 0.3) is 44.5 Å². The zero-order valence-electron chi connectivity index (χ0n) is 29.6. The molecule has 0 radical (unpaired) electrons. The van der Waals surface area contributed by atoms with E-state index in [1.807, 2.05) is 77.3 Å². The van der Waals surface area contributed by atoms with E-state index in [4.69, 9.17) is 37.7 Å². The lowest BCUT2D eigenvalue weighted by molar-refractivity contribution is -0.119. The van der Waals surface area contributed by atoms with Crippen LogP contribution in [0.5, 0.6) is 5.88 Å². The number of halogens is 2. The average molecular weight is 730 g/mol. The van der Waals surface area contributed by atoms with E-state index in [9.17, 15) is 9.59 Å². The summed E-state index contributed by atoms with van der Waals surface area (Å²) in [5.74, 6) is 0.319. The number of hydrogen-bond donors (Lipinski definition) is 2. The van der Waals surface area contributed by atoms with Gasteiger partial charge in [0.25, 0.3) is 0 Å². The Labute approximate surface area is 308 Å². The van der Waals surface area contributed by atoms with Gasteiger partial charge in [-0.1, -0.05) is 53.5 Å². The Kier molecular flexibility index (Phi) is 10.6. The molecule has 1 aliphatic heterocycles. The van der Waals surface area contributed by atoms with Gasteiger partial charge in [0.2, 0.25) is 11.8 Å². The van der Waals surface area contributed by atoms with Crippen molar-refractivity contribution in [1.82, 2.24) is 30.1 Å². The van der Waals surface area contributed by atoms with Gasteiger partial charge in [0.15, 0.2) is 0 Å². The van der Waals surface area contributed by atoms with E-state index in [0.29, 0.717) is 57.8 Å². The SMILES string of the molecule is CNCc1cn(C)c2cc(-c3nccc(-c4cccc(-c5ccc(CN(C[C@@H]6CCC(=O)N6)C(=O)OC(C)(C)C)c(OC)n5)c4Cl)c3Cl)ccc12. The van der Waals surface area contributed by atoms with Crippen LogP contribution in [0.1, 0.15) is 44.7 Å². The standard InChI is InChI=1S/C39H42Cl2N6O4/c1-39(2,3)51-38(49)47(22-26-12-15-33(48)44-26)21-24-11-14-31(45-37(24)50-6)30-9-7-8-28(34(30)40)29-16-17-43-36(35(29)41)23-10-13-27-25(19-42-4)20-46(5)32(27)18-23/h7-11,13-14,16-18,20,26,42H,12,15,19,21-22H2,1-6H3,(H,44,48)/t26-/m0/s1. The molecule has 6 rings (SSSR count). The molecule has 10 nitrogen and oxygen atoms in total. The second kappa shape index (κ2) is 14.9. The lowest BCUT2D eigenvalue weighted by Crippen LogP contribution is -2.43. The van der Waals surface area contributed by atoms with Gasteiger partial charge in [-0.25, -0.2) is 9.78 Å². The molecule has 0 spiro atoms. The minimum absolute atomic E-state index is 0.0244. The molecule has 0 saturated carbocycles. The summed E-state index contributed by atoms with van der Waals surface area (Å²) in [4.78, 5) is 36.2. The average Bonchev–Trinajstić information content (AvgIpc) is 3.65. The highest BCUT2D eigenvalue weighted by molar-refractivity contribution is 6.39. The Bertz CT molecular complexity index is 2110. The van der Waals surface area contributed by atoms with Crippen LogP contribution in [0.2, 0.25) is 10.0 Å². The largest absolute Gasteiger partial charge is 0.481 e. The van der Waals surface area contributed by atoms with Crippen molar-refractivity contribution in [2.75, 3.05) is 20.7 Å². The number of aromatic nitrogens is 3. The minimum atomic E-state index is -0.688. The molecule has 2 N–H and O–H groups in total. The number of pyridine rings is 2. The molecule has 0 unspecified atom stereocenters. The normalized spacial score (nSPS) is 14.5. The van der Waals surface area contributed by atoms with Gasteiger partial charge < -0.3 is 29.6 Å². The van der Waals surface area contributed by atoms with E-state index in [0.717, 1.165) is 28.8 Å². The molecule has 0 bridgehead atoms. The molecule has 1 aliphatic rings. The number of carbonyl (C=O) groups excluding carboxylic acids is 2. The number of methoxy groups -OCH3 is 1. The fourth-order valence-corrected chi connectivity index (χ4v) is 7.12. The molecule has 5 aromatic rings. The quantitative estimate of drug-likeness (QED) is 0.150. The first-order valence-electron chi connectivity index (χ1n) is 16.8. The van der Waals surface area contributed by atoms with E-state index < -0.39 is 11.7 Å². The number of nitrogens with zero attached hydrogens (tertiary/aromatic N) is 4. The highest BCUT2D eigenvalue weighted by atomic mass is 35.5. The number of aryl methyl sites for hydroxylation is 1. The fraction of sp³-hybridized carbons (Fsp3) is 0.333. The molecule has 2 aromatic carbocycles.